The van der Waals surface area contributed by atoms with Crippen LogP contribution in [0.3, 0.4) is 0 Å². The number of benzene rings is 1. The number of hydrogen-bond donors (Lipinski definition) is 2. The molecule has 0 heterocycles. The van der Waals surface area contributed by atoms with E-state index in [1.807, 2.05) is 0 Å². The molecule has 0 aromatic heterocycles. The number of anilines is 1. The Labute approximate surface area is 87.6 Å². The van der Waals surface area contributed by atoms with E-state index >= 15 is 0 Å². The Morgan fingerprint density at radius 1 is 1.31 bits per heavy atom. The van der Waals surface area contributed by atoms with Gasteiger partial charge in [0.15, 0.2) is 0 Å². The predicted molar refractivity (Wildman–Crippen MR) is 61.2 cm³/mol. The van der Waals surface area contributed by atoms with Gasteiger partial charge in [-0.05, 0) is 37.1 Å². The zero-order valence-electron chi connectivity index (χ0n) is 8.02. The molecular formula is C10H15BrN2. The van der Waals surface area contributed by atoms with E-state index in [9.17, 15) is 0 Å². The Balaban J connectivity index is 2.86. The fraction of sp³-hybridized carbons (Fsp3) is 0.400. The highest BCUT2D eigenvalue weighted by Gasteiger charge is 2.00. The van der Waals surface area contributed by atoms with Gasteiger partial charge in [0.05, 0.1) is 0 Å². The monoisotopic (exact) mass is 242 g/mol. The highest BCUT2D eigenvalue weighted by molar-refractivity contribution is 9.10. The molecular weight excluding hydrogens is 228 g/mol. The summed E-state index contributed by atoms with van der Waals surface area (Å²) in [5.41, 5.74) is 9.05. The van der Waals surface area contributed by atoms with Crippen molar-refractivity contribution >= 4 is 21.6 Å². The van der Waals surface area contributed by atoms with Gasteiger partial charge in [-0.25, -0.2) is 0 Å². The van der Waals surface area contributed by atoms with Gasteiger partial charge in [-0.1, -0.05) is 15.9 Å². The smallest absolute Gasteiger partial charge is 0.0346 e. The zero-order valence-corrected chi connectivity index (χ0v) is 9.61. The van der Waals surface area contributed by atoms with Gasteiger partial charge >= 0.3 is 0 Å². The predicted octanol–water partition coefficient (Wildman–Crippen LogP) is 2.44. The van der Waals surface area contributed by atoms with Crippen LogP contribution in [0.1, 0.15) is 11.1 Å². The Morgan fingerprint density at radius 2 is 1.85 bits per heavy atom. The van der Waals surface area contributed by atoms with Crippen molar-refractivity contribution in [1.29, 1.82) is 0 Å². The van der Waals surface area contributed by atoms with Crippen LogP contribution < -0.4 is 11.1 Å². The maximum Gasteiger partial charge on any atom is 0.0346 e. The average Bonchev–Trinajstić information content (AvgIpc) is 2.10. The van der Waals surface area contributed by atoms with E-state index in [2.05, 4.69) is 47.2 Å². The van der Waals surface area contributed by atoms with Gasteiger partial charge in [0.2, 0.25) is 0 Å². The summed E-state index contributed by atoms with van der Waals surface area (Å²) in [5.74, 6) is 0. The molecule has 2 nitrogen and oxygen atoms in total. The molecule has 72 valence electrons. The lowest BCUT2D eigenvalue weighted by molar-refractivity contribution is 1.02. The number of rotatable bonds is 3. The minimum absolute atomic E-state index is 0.661. The van der Waals surface area contributed by atoms with Crippen molar-refractivity contribution in [1.82, 2.24) is 0 Å². The van der Waals surface area contributed by atoms with Crippen LogP contribution in [0, 0.1) is 13.8 Å². The zero-order chi connectivity index (χ0) is 9.84. The maximum atomic E-state index is 5.41. The van der Waals surface area contributed by atoms with Gasteiger partial charge in [0, 0.05) is 23.2 Å². The Hall–Kier alpha value is -0.540. The number of nitrogens with two attached hydrogens (primary N) is 1. The quantitative estimate of drug-likeness (QED) is 0.855. The van der Waals surface area contributed by atoms with Crippen molar-refractivity contribution < 1.29 is 0 Å². The molecule has 0 unspecified atom stereocenters. The summed E-state index contributed by atoms with van der Waals surface area (Å²) in [7, 11) is 0. The first-order valence-electron chi connectivity index (χ1n) is 4.36. The lowest BCUT2D eigenvalue weighted by Crippen LogP contribution is -2.13. The minimum Gasteiger partial charge on any atom is -0.384 e. The topological polar surface area (TPSA) is 38.0 Å². The molecule has 0 aliphatic carbocycles. The summed E-state index contributed by atoms with van der Waals surface area (Å²) >= 11 is 3.53. The van der Waals surface area contributed by atoms with Crippen LogP contribution in [-0.2, 0) is 0 Å². The van der Waals surface area contributed by atoms with Gasteiger partial charge in [0.1, 0.15) is 0 Å². The van der Waals surface area contributed by atoms with E-state index < -0.39 is 0 Å². The normalized spacial score (nSPS) is 10.2. The highest BCUT2D eigenvalue weighted by Crippen LogP contribution is 2.24. The van der Waals surface area contributed by atoms with Crippen LogP contribution in [0.4, 0.5) is 5.69 Å². The first-order chi connectivity index (χ1) is 6.15. The lowest BCUT2D eigenvalue weighted by Gasteiger charge is -2.09. The largest absolute Gasteiger partial charge is 0.384 e. The first-order valence-corrected chi connectivity index (χ1v) is 5.15. The van der Waals surface area contributed by atoms with Gasteiger partial charge in [0.25, 0.3) is 0 Å². The van der Waals surface area contributed by atoms with Crippen LogP contribution in [0.15, 0.2) is 16.6 Å². The summed E-state index contributed by atoms with van der Waals surface area (Å²) in [5, 5.41) is 3.26. The molecule has 3 heteroatoms. The number of halogens is 1. The molecule has 0 saturated carbocycles. The van der Waals surface area contributed by atoms with E-state index in [1.54, 1.807) is 0 Å². The summed E-state index contributed by atoms with van der Waals surface area (Å²) in [6.45, 7) is 5.66. The summed E-state index contributed by atoms with van der Waals surface area (Å²) in [6, 6.07) is 4.24. The molecule has 0 saturated heterocycles. The second-order valence-corrected chi connectivity index (χ2v) is 3.93. The second kappa shape index (κ2) is 4.63. The SMILES string of the molecule is Cc1cc(NCCN)cc(C)c1Br. The number of nitrogens with one attached hydrogen (secondary N) is 1. The Kier molecular flexibility index (Phi) is 3.75. The molecule has 1 aromatic rings. The van der Waals surface area contributed by atoms with Crippen LogP contribution in [0.5, 0.6) is 0 Å². The molecule has 0 bridgehead atoms. The van der Waals surface area contributed by atoms with Crippen LogP contribution >= 0.6 is 15.9 Å². The number of aryl methyl sites for hydroxylation is 2. The van der Waals surface area contributed by atoms with E-state index in [0.717, 1.165) is 12.2 Å². The van der Waals surface area contributed by atoms with Gasteiger partial charge in [-0.3, -0.25) is 0 Å². The standard InChI is InChI=1S/C10H15BrN2/c1-7-5-9(13-4-3-12)6-8(2)10(7)11/h5-6,13H,3-4,12H2,1-2H3. The van der Waals surface area contributed by atoms with E-state index in [0.29, 0.717) is 6.54 Å². The average molecular weight is 243 g/mol. The third-order valence-corrected chi connectivity index (χ3v) is 3.16. The van der Waals surface area contributed by atoms with E-state index in [-0.39, 0.29) is 0 Å². The lowest BCUT2D eigenvalue weighted by atomic mass is 10.1. The Morgan fingerprint density at radius 3 is 2.31 bits per heavy atom. The van der Waals surface area contributed by atoms with Crippen molar-refractivity contribution in [3.63, 3.8) is 0 Å². The molecule has 0 aliphatic rings. The van der Waals surface area contributed by atoms with Gasteiger partial charge < -0.3 is 11.1 Å². The molecule has 0 spiro atoms. The molecule has 0 amide bonds. The third-order valence-electron chi connectivity index (χ3n) is 1.91. The minimum atomic E-state index is 0.661. The third kappa shape index (κ3) is 2.71. The van der Waals surface area contributed by atoms with E-state index in [1.165, 1.54) is 15.6 Å². The fourth-order valence-electron chi connectivity index (χ4n) is 1.26. The van der Waals surface area contributed by atoms with Crippen LogP contribution in [0.2, 0.25) is 0 Å². The van der Waals surface area contributed by atoms with E-state index in [4.69, 9.17) is 5.73 Å². The molecule has 1 rings (SSSR count). The maximum absolute atomic E-state index is 5.41. The molecule has 0 fully saturated rings. The number of hydrogen-bond acceptors (Lipinski definition) is 2. The molecule has 1 aromatic carbocycles. The van der Waals surface area contributed by atoms with Gasteiger partial charge in [-0.2, -0.15) is 0 Å². The van der Waals surface area contributed by atoms with Crippen molar-refractivity contribution in [2.75, 3.05) is 18.4 Å². The van der Waals surface area contributed by atoms with Crippen molar-refractivity contribution in [2.24, 2.45) is 5.73 Å². The van der Waals surface area contributed by atoms with Crippen molar-refractivity contribution in [2.45, 2.75) is 13.8 Å². The molecule has 13 heavy (non-hydrogen) atoms. The molecule has 0 atom stereocenters. The molecule has 0 radical (unpaired) electrons. The summed E-state index contributed by atoms with van der Waals surface area (Å²) < 4.78 is 1.19. The summed E-state index contributed by atoms with van der Waals surface area (Å²) in [4.78, 5) is 0. The van der Waals surface area contributed by atoms with Crippen molar-refractivity contribution in [3.05, 3.63) is 27.7 Å². The first kappa shape index (κ1) is 10.5. The molecule has 0 aliphatic heterocycles. The van der Waals surface area contributed by atoms with Crippen molar-refractivity contribution in [3.8, 4) is 0 Å². The fourth-order valence-corrected chi connectivity index (χ4v) is 1.49. The van der Waals surface area contributed by atoms with Gasteiger partial charge in [-0.15, -0.1) is 0 Å². The molecule has 3 N–H and O–H groups in total. The Bertz CT molecular complexity index is 274. The highest BCUT2D eigenvalue weighted by atomic mass is 79.9. The summed E-state index contributed by atoms with van der Waals surface area (Å²) in [6.07, 6.45) is 0. The second-order valence-electron chi connectivity index (χ2n) is 3.14. The van der Waals surface area contributed by atoms with Crippen LogP contribution in [-0.4, -0.2) is 13.1 Å². The van der Waals surface area contributed by atoms with Crippen LogP contribution in [0.25, 0.3) is 0 Å².